The Morgan fingerprint density at radius 1 is 1.00 bits per heavy atom. The molecule has 2 rings (SSSR count). The summed E-state index contributed by atoms with van der Waals surface area (Å²) in [7, 11) is 0. The molecule has 2 N–H and O–H groups in total. The van der Waals surface area contributed by atoms with E-state index in [-0.39, 0.29) is 11.3 Å². The van der Waals surface area contributed by atoms with Gasteiger partial charge in [-0.1, -0.05) is 43.0 Å². The Morgan fingerprint density at radius 3 is 2.38 bits per heavy atom. The molecule has 0 aliphatic heterocycles. The summed E-state index contributed by atoms with van der Waals surface area (Å²) in [5, 5.41) is 6.31. The molecule has 7 heteroatoms. The zero-order valence-corrected chi connectivity index (χ0v) is 15.9. The van der Waals surface area contributed by atoms with Crippen molar-refractivity contribution in [1.82, 2.24) is 5.32 Å². The van der Waals surface area contributed by atoms with Gasteiger partial charge in [-0.25, -0.2) is 4.79 Å². The first kappa shape index (κ1) is 20.1. The number of hydrogen-bond donors (Lipinski definition) is 2. The van der Waals surface area contributed by atoms with Crippen molar-refractivity contribution in [3.8, 4) is 5.75 Å². The molecule has 0 fully saturated rings. The van der Waals surface area contributed by atoms with Crippen LogP contribution in [0.2, 0.25) is 10.0 Å². The Labute approximate surface area is 162 Å². The Hall–Kier alpha value is -2.24. The Bertz CT molecular complexity index is 764. The van der Waals surface area contributed by atoms with Crippen LogP contribution >= 0.6 is 23.2 Å². The molecule has 0 aliphatic carbocycles. The standard InChI is InChI=1S/C19H20Cl2N2O3/c1-2-3-4-11-22-19(25)26-17-10-7-14(21)12-16(17)18(24)23-15-8-5-13(20)6-9-15/h5-10,12H,2-4,11H2,1H3,(H,22,25)(H,23,24). The molecule has 2 aromatic carbocycles. The summed E-state index contributed by atoms with van der Waals surface area (Å²) in [4.78, 5) is 24.5. The maximum absolute atomic E-state index is 12.5. The lowest BCUT2D eigenvalue weighted by atomic mass is 10.2. The van der Waals surface area contributed by atoms with Crippen molar-refractivity contribution in [2.75, 3.05) is 11.9 Å². The predicted molar refractivity (Wildman–Crippen MR) is 104 cm³/mol. The minimum Gasteiger partial charge on any atom is -0.409 e. The number of rotatable bonds is 7. The minimum absolute atomic E-state index is 0.133. The Balaban J connectivity index is 2.07. The zero-order valence-electron chi connectivity index (χ0n) is 14.4. The van der Waals surface area contributed by atoms with Crippen molar-refractivity contribution >= 4 is 40.9 Å². The van der Waals surface area contributed by atoms with E-state index in [1.54, 1.807) is 30.3 Å². The molecule has 5 nitrogen and oxygen atoms in total. The van der Waals surface area contributed by atoms with Gasteiger partial charge in [0.15, 0.2) is 0 Å². The van der Waals surface area contributed by atoms with Crippen molar-refractivity contribution in [2.24, 2.45) is 0 Å². The minimum atomic E-state index is -0.607. The van der Waals surface area contributed by atoms with E-state index in [9.17, 15) is 9.59 Å². The van der Waals surface area contributed by atoms with Crippen LogP contribution in [-0.4, -0.2) is 18.5 Å². The number of ether oxygens (including phenoxy) is 1. The maximum atomic E-state index is 12.5. The van der Waals surface area contributed by atoms with Gasteiger partial charge in [-0.15, -0.1) is 0 Å². The number of carbonyl (C=O) groups excluding carboxylic acids is 2. The quantitative estimate of drug-likeness (QED) is 0.607. The van der Waals surface area contributed by atoms with E-state index >= 15 is 0 Å². The van der Waals surface area contributed by atoms with Crippen molar-refractivity contribution in [1.29, 1.82) is 0 Å². The first-order valence-corrected chi connectivity index (χ1v) is 9.07. The highest BCUT2D eigenvalue weighted by molar-refractivity contribution is 6.31. The summed E-state index contributed by atoms with van der Waals surface area (Å²) >= 11 is 11.8. The second kappa shape index (κ2) is 10.0. The third-order valence-electron chi connectivity index (χ3n) is 3.54. The molecular formula is C19H20Cl2N2O3. The van der Waals surface area contributed by atoms with E-state index in [4.69, 9.17) is 27.9 Å². The third kappa shape index (κ3) is 6.24. The molecule has 0 radical (unpaired) electrons. The van der Waals surface area contributed by atoms with Gasteiger partial charge in [-0.05, 0) is 48.9 Å². The maximum Gasteiger partial charge on any atom is 0.412 e. The molecule has 0 saturated heterocycles. The first-order chi connectivity index (χ1) is 12.5. The smallest absolute Gasteiger partial charge is 0.409 e. The molecule has 0 saturated carbocycles. The summed E-state index contributed by atoms with van der Waals surface area (Å²) in [6.45, 7) is 2.60. The third-order valence-corrected chi connectivity index (χ3v) is 4.03. The summed E-state index contributed by atoms with van der Waals surface area (Å²) < 4.78 is 5.27. The van der Waals surface area contributed by atoms with E-state index in [2.05, 4.69) is 17.6 Å². The summed E-state index contributed by atoms with van der Waals surface area (Å²) in [5.41, 5.74) is 0.727. The van der Waals surface area contributed by atoms with Gasteiger partial charge in [0.2, 0.25) is 0 Å². The van der Waals surface area contributed by atoms with Crippen LogP contribution in [0, 0.1) is 0 Å². The lowest BCUT2D eigenvalue weighted by Crippen LogP contribution is -2.28. The van der Waals surface area contributed by atoms with Crippen molar-refractivity contribution < 1.29 is 14.3 Å². The predicted octanol–water partition coefficient (Wildman–Crippen LogP) is 5.52. The second-order valence-corrected chi connectivity index (χ2v) is 6.50. The number of unbranched alkanes of at least 4 members (excludes halogenated alkanes) is 2. The number of hydrogen-bond acceptors (Lipinski definition) is 3. The number of halogens is 2. The largest absolute Gasteiger partial charge is 0.412 e. The van der Waals surface area contributed by atoms with E-state index < -0.39 is 12.0 Å². The van der Waals surface area contributed by atoms with Crippen molar-refractivity contribution in [2.45, 2.75) is 26.2 Å². The lowest BCUT2D eigenvalue weighted by Gasteiger charge is -2.12. The highest BCUT2D eigenvalue weighted by Crippen LogP contribution is 2.24. The topological polar surface area (TPSA) is 67.4 Å². The van der Waals surface area contributed by atoms with Crippen LogP contribution in [0.4, 0.5) is 10.5 Å². The molecule has 0 spiro atoms. The van der Waals surface area contributed by atoms with Gasteiger partial charge in [0.25, 0.3) is 5.91 Å². The van der Waals surface area contributed by atoms with E-state index in [0.29, 0.717) is 22.3 Å². The van der Waals surface area contributed by atoms with E-state index in [0.717, 1.165) is 19.3 Å². The highest BCUT2D eigenvalue weighted by Gasteiger charge is 2.16. The van der Waals surface area contributed by atoms with Gasteiger partial charge in [-0.3, -0.25) is 4.79 Å². The van der Waals surface area contributed by atoms with Crippen LogP contribution in [0.25, 0.3) is 0 Å². The monoisotopic (exact) mass is 394 g/mol. The average molecular weight is 395 g/mol. The van der Waals surface area contributed by atoms with Gasteiger partial charge >= 0.3 is 6.09 Å². The lowest BCUT2D eigenvalue weighted by molar-refractivity contribution is 0.102. The Morgan fingerprint density at radius 2 is 1.69 bits per heavy atom. The molecule has 138 valence electrons. The number of nitrogens with one attached hydrogen (secondary N) is 2. The van der Waals surface area contributed by atoms with Gasteiger partial charge in [0.1, 0.15) is 5.75 Å². The fourth-order valence-electron chi connectivity index (χ4n) is 2.20. The average Bonchev–Trinajstić information content (AvgIpc) is 2.62. The number of benzene rings is 2. The van der Waals surface area contributed by atoms with E-state index in [1.165, 1.54) is 12.1 Å². The molecule has 2 aromatic rings. The molecule has 0 aliphatic rings. The summed E-state index contributed by atoms with van der Waals surface area (Å²) in [6, 6.07) is 11.2. The number of amides is 2. The van der Waals surface area contributed by atoms with E-state index in [1.807, 2.05) is 0 Å². The molecule has 0 atom stereocenters. The fraction of sp³-hybridized carbons (Fsp3) is 0.263. The fourth-order valence-corrected chi connectivity index (χ4v) is 2.50. The first-order valence-electron chi connectivity index (χ1n) is 8.31. The van der Waals surface area contributed by atoms with Crippen LogP contribution in [0.3, 0.4) is 0 Å². The van der Waals surface area contributed by atoms with Gasteiger partial charge in [-0.2, -0.15) is 0 Å². The Kier molecular flexibility index (Phi) is 7.75. The molecule has 0 aromatic heterocycles. The van der Waals surface area contributed by atoms with Crippen molar-refractivity contribution in [3.63, 3.8) is 0 Å². The molecule has 2 amide bonds. The van der Waals surface area contributed by atoms with Crippen LogP contribution in [0.15, 0.2) is 42.5 Å². The van der Waals surface area contributed by atoms with Crippen LogP contribution in [0.1, 0.15) is 36.5 Å². The summed E-state index contributed by atoms with van der Waals surface area (Å²) in [5.74, 6) is -0.308. The number of anilines is 1. The highest BCUT2D eigenvalue weighted by atomic mass is 35.5. The molecule has 0 heterocycles. The van der Waals surface area contributed by atoms with Crippen LogP contribution < -0.4 is 15.4 Å². The normalized spacial score (nSPS) is 10.3. The zero-order chi connectivity index (χ0) is 18.9. The van der Waals surface area contributed by atoms with Crippen LogP contribution in [-0.2, 0) is 0 Å². The molecular weight excluding hydrogens is 375 g/mol. The van der Waals surface area contributed by atoms with Gasteiger partial charge in [0, 0.05) is 22.3 Å². The van der Waals surface area contributed by atoms with Crippen molar-refractivity contribution in [3.05, 3.63) is 58.1 Å². The SMILES string of the molecule is CCCCCNC(=O)Oc1ccc(Cl)cc1C(=O)Nc1ccc(Cl)cc1. The van der Waals surface area contributed by atoms with Crippen LogP contribution in [0.5, 0.6) is 5.75 Å². The number of carbonyl (C=O) groups is 2. The van der Waals surface area contributed by atoms with Gasteiger partial charge < -0.3 is 15.4 Å². The molecule has 26 heavy (non-hydrogen) atoms. The molecule has 0 bridgehead atoms. The van der Waals surface area contributed by atoms with Gasteiger partial charge in [0.05, 0.1) is 5.56 Å². The summed E-state index contributed by atoms with van der Waals surface area (Å²) in [6.07, 6.45) is 2.35. The second-order valence-electron chi connectivity index (χ2n) is 5.62. The molecule has 0 unspecified atom stereocenters.